The average Bonchev–Trinajstić information content (AvgIpc) is 3.23. The van der Waals surface area contributed by atoms with Crippen LogP contribution in [-0.2, 0) is 11.2 Å². The number of methoxy groups -OCH3 is 1. The predicted octanol–water partition coefficient (Wildman–Crippen LogP) is 4.12. The standard InChI is InChI=1S/C27H34ClN3O3/c1-34-25-13-12-22(28)20-23(25)26(32)31-17-6-11-24(31)27(33)30-16-7-15-29(18-19-30)14-5-10-21-8-3-2-4-9-21/h2-4,8-9,12-13,20,24H,5-7,10-11,14-19H2,1H3. The Morgan fingerprint density at radius 2 is 1.82 bits per heavy atom. The molecule has 2 heterocycles. The van der Waals surface area contributed by atoms with Crippen LogP contribution in [0.4, 0.5) is 0 Å². The molecule has 2 amide bonds. The van der Waals surface area contributed by atoms with Gasteiger partial charge in [0.15, 0.2) is 0 Å². The van der Waals surface area contributed by atoms with Gasteiger partial charge in [0.05, 0.1) is 12.7 Å². The van der Waals surface area contributed by atoms with Crippen molar-refractivity contribution in [2.75, 3.05) is 46.4 Å². The molecule has 0 radical (unpaired) electrons. The first-order valence-electron chi connectivity index (χ1n) is 12.3. The van der Waals surface area contributed by atoms with Crippen molar-refractivity contribution in [3.63, 3.8) is 0 Å². The van der Waals surface area contributed by atoms with Crippen LogP contribution in [0.25, 0.3) is 0 Å². The Hall–Kier alpha value is -2.57. The molecule has 1 atom stereocenters. The number of aryl methyl sites for hydroxylation is 1. The van der Waals surface area contributed by atoms with Gasteiger partial charge in [0.2, 0.25) is 5.91 Å². The molecule has 2 aromatic carbocycles. The molecule has 0 aliphatic carbocycles. The van der Waals surface area contributed by atoms with Gasteiger partial charge in [-0.05, 0) is 69.0 Å². The average molecular weight is 484 g/mol. The van der Waals surface area contributed by atoms with Crippen LogP contribution in [0, 0.1) is 0 Å². The summed E-state index contributed by atoms with van der Waals surface area (Å²) >= 11 is 6.14. The van der Waals surface area contributed by atoms with Crippen molar-refractivity contribution in [2.24, 2.45) is 0 Å². The molecule has 34 heavy (non-hydrogen) atoms. The third kappa shape index (κ3) is 5.91. The molecule has 0 N–H and O–H groups in total. The first-order chi connectivity index (χ1) is 16.6. The lowest BCUT2D eigenvalue weighted by Gasteiger charge is -2.30. The molecule has 7 heteroatoms. The molecule has 0 aromatic heterocycles. The number of likely N-dealkylation sites (tertiary alicyclic amines) is 1. The highest BCUT2D eigenvalue weighted by molar-refractivity contribution is 6.31. The molecule has 2 aromatic rings. The Kier molecular flexibility index (Phi) is 8.46. The number of hydrogen-bond donors (Lipinski definition) is 0. The molecule has 2 saturated heterocycles. The Morgan fingerprint density at radius 1 is 1.00 bits per heavy atom. The normalized spacial score (nSPS) is 19.2. The van der Waals surface area contributed by atoms with Gasteiger partial charge in [-0.25, -0.2) is 0 Å². The number of nitrogens with zero attached hydrogens (tertiary/aromatic N) is 3. The fourth-order valence-corrected chi connectivity index (χ4v) is 5.22. The fourth-order valence-electron chi connectivity index (χ4n) is 5.05. The molecule has 1 unspecified atom stereocenters. The van der Waals surface area contributed by atoms with Gasteiger partial charge in [0.1, 0.15) is 11.8 Å². The van der Waals surface area contributed by atoms with E-state index in [1.165, 1.54) is 12.7 Å². The summed E-state index contributed by atoms with van der Waals surface area (Å²) in [5.74, 6) is 0.360. The third-order valence-corrected chi connectivity index (χ3v) is 7.11. The van der Waals surface area contributed by atoms with Gasteiger partial charge >= 0.3 is 0 Å². The number of amides is 2. The van der Waals surface area contributed by atoms with Crippen molar-refractivity contribution < 1.29 is 14.3 Å². The maximum absolute atomic E-state index is 13.5. The van der Waals surface area contributed by atoms with Crippen LogP contribution in [0.1, 0.15) is 41.6 Å². The van der Waals surface area contributed by atoms with E-state index in [0.29, 0.717) is 35.8 Å². The summed E-state index contributed by atoms with van der Waals surface area (Å²) in [6.45, 7) is 4.95. The summed E-state index contributed by atoms with van der Waals surface area (Å²) in [5.41, 5.74) is 1.78. The summed E-state index contributed by atoms with van der Waals surface area (Å²) < 4.78 is 5.37. The molecular formula is C27H34ClN3O3. The minimum absolute atomic E-state index is 0.0676. The number of halogens is 1. The van der Waals surface area contributed by atoms with E-state index in [0.717, 1.165) is 51.9 Å². The second-order valence-electron chi connectivity index (χ2n) is 9.11. The molecule has 0 bridgehead atoms. The summed E-state index contributed by atoms with van der Waals surface area (Å²) in [4.78, 5) is 33.0. The smallest absolute Gasteiger partial charge is 0.258 e. The minimum atomic E-state index is -0.416. The van der Waals surface area contributed by atoms with E-state index < -0.39 is 6.04 Å². The number of rotatable bonds is 7. The Balaban J connectivity index is 1.34. The molecule has 2 aliphatic heterocycles. The van der Waals surface area contributed by atoms with E-state index in [2.05, 4.69) is 35.2 Å². The molecule has 2 fully saturated rings. The van der Waals surface area contributed by atoms with Gasteiger partial charge in [-0.3, -0.25) is 9.59 Å². The number of carbonyl (C=O) groups is 2. The maximum Gasteiger partial charge on any atom is 0.258 e. The highest BCUT2D eigenvalue weighted by Crippen LogP contribution is 2.28. The van der Waals surface area contributed by atoms with Gasteiger partial charge < -0.3 is 19.4 Å². The molecular weight excluding hydrogens is 450 g/mol. The molecule has 0 spiro atoms. The van der Waals surface area contributed by atoms with Crippen molar-refractivity contribution in [2.45, 2.75) is 38.1 Å². The second kappa shape index (κ2) is 11.7. The lowest BCUT2D eigenvalue weighted by Crippen LogP contribution is -2.48. The van der Waals surface area contributed by atoms with Crippen LogP contribution in [0.3, 0.4) is 0 Å². The fraction of sp³-hybridized carbons (Fsp3) is 0.481. The van der Waals surface area contributed by atoms with Crippen molar-refractivity contribution in [1.29, 1.82) is 0 Å². The molecule has 4 rings (SSSR count). The number of hydrogen-bond acceptors (Lipinski definition) is 4. The van der Waals surface area contributed by atoms with Crippen LogP contribution in [0.5, 0.6) is 5.75 Å². The summed E-state index contributed by atoms with van der Waals surface area (Å²) in [6.07, 6.45) is 4.67. The van der Waals surface area contributed by atoms with Crippen LogP contribution in [0.15, 0.2) is 48.5 Å². The van der Waals surface area contributed by atoms with Crippen LogP contribution < -0.4 is 4.74 Å². The zero-order valence-corrected chi connectivity index (χ0v) is 20.7. The number of ether oxygens (including phenoxy) is 1. The lowest BCUT2D eigenvalue weighted by atomic mass is 10.1. The van der Waals surface area contributed by atoms with Crippen molar-refractivity contribution in [3.05, 3.63) is 64.7 Å². The largest absolute Gasteiger partial charge is 0.496 e. The van der Waals surface area contributed by atoms with Crippen LogP contribution in [0.2, 0.25) is 5.02 Å². The Labute approximate surface area is 207 Å². The minimum Gasteiger partial charge on any atom is -0.496 e. The summed E-state index contributed by atoms with van der Waals surface area (Å²) in [5, 5.41) is 0.478. The molecule has 2 aliphatic rings. The van der Waals surface area contributed by atoms with Crippen molar-refractivity contribution in [1.82, 2.24) is 14.7 Å². The number of benzene rings is 2. The van der Waals surface area contributed by atoms with Gasteiger partial charge in [-0.1, -0.05) is 41.9 Å². The highest BCUT2D eigenvalue weighted by Gasteiger charge is 2.38. The van der Waals surface area contributed by atoms with Gasteiger partial charge in [0.25, 0.3) is 5.91 Å². The lowest BCUT2D eigenvalue weighted by molar-refractivity contribution is -0.135. The molecule has 0 saturated carbocycles. The topological polar surface area (TPSA) is 53.1 Å². The summed E-state index contributed by atoms with van der Waals surface area (Å²) in [7, 11) is 1.54. The van der Waals surface area contributed by atoms with Crippen LogP contribution >= 0.6 is 11.6 Å². The van der Waals surface area contributed by atoms with E-state index in [-0.39, 0.29) is 11.8 Å². The quantitative estimate of drug-likeness (QED) is 0.594. The molecule has 182 valence electrons. The first-order valence-corrected chi connectivity index (χ1v) is 12.6. The third-order valence-electron chi connectivity index (χ3n) is 6.87. The van der Waals surface area contributed by atoms with Crippen molar-refractivity contribution in [3.8, 4) is 5.75 Å². The van der Waals surface area contributed by atoms with E-state index in [1.807, 2.05) is 4.90 Å². The second-order valence-corrected chi connectivity index (χ2v) is 9.55. The van der Waals surface area contributed by atoms with E-state index in [9.17, 15) is 9.59 Å². The first kappa shape index (κ1) is 24.6. The van der Waals surface area contributed by atoms with Crippen molar-refractivity contribution >= 4 is 23.4 Å². The predicted molar refractivity (Wildman–Crippen MR) is 134 cm³/mol. The zero-order valence-electron chi connectivity index (χ0n) is 19.9. The van der Waals surface area contributed by atoms with E-state index in [4.69, 9.17) is 16.3 Å². The van der Waals surface area contributed by atoms with E-state index in [1.54, 1.807) is 23.1 Å². The van der Waals surface area contributed by atoms with Crippen LogP contribution in [-0.4, -0.2) is 78.9 Å². The van der Waals surface area contributed by atoms with Gasteiger partial charge in [-0.2, -0.15) is 0 Å². The summed E-state index contributed by atoms with van der Waals surface area (Å²) in [6, 6.07) is 15.2. The highest BCUT2D eigenvalue weighted by atomic mass is 35.5. The maximum atomic E-state index is 13.5. The number of carbonyl (C=O) groups excluding carboxylic acids is 2. The SMILES string of the molecule is COc1ccc(Cl)cc1C(=O)N1CCCC1C(=O)N1CCCN(CCCc2ccccc2)CC1. The van der Waals surface area contributed by atoms with E-state index >= 15 is 0 Å². The Bertz CT molecular complexity index is 984. The van der Waals surface area contributed by atoms with Gasteiger partial charge in [-0.15, -0.1) is 0 Å². The zero-order chi connectivity index (χ0) is 23.9. The van der Waals surface area contributed by atoms with Gasteiger partial charge in [0, 0.05) is 31.2 Å². The molecule has 6 nitrogen and oxygen atoms in total. The Morgan fingerprint density at radius 3 is 2.62 bits per heavy atom. The monoisotopic (exact) mass is 483 g/mol.